The van der Waals surface area contributed by atoms with Crippen molar-refractivity contribution < 1.29 is 19.4 Å². The quantitative estimate of drug-likeness (QED) is 0.0468. The molecule has 0 aromatic heterocycles. The van der Waals surface area contributed by atoms with E-state index in [9.17, 15) is 9.59 Å². The molecule has 46 heavy (non-hydrogen) atoms. The molecule has 0 heterocycles. The molecule has 4 heteroatoms. The molecule has 0 saturated heterocycles. The number of ether oxygens (including phenoxy) is 1. The molecule has 1 atom stereocenters. The summed E-state index contributed by atoms with van der Waals surface area (Å²) in [5.74, 6) is -0.824. The van der Waals surface area contributed by atoms with E-state index in [1.54, 1.807) is 0 Å². The summed E-state index contributed by atoms with van der Waals surface area (Å²) in [5, 5.41) is 8.81. The molecule has 0 saturated carbocycles. The van der Waals surface area contributed by atoms with Gasteiger partial charge >= 0.3 is 11.9 Å². The third kappa shape index (κ3) is 35.3. The maximum atomic E-state index is 12.6. The fraction of sp³-hybridized carbons (Fsp3) is 0.571. The van der Waals surface area contributed by atoms with Gasteiger partial charge in [0.05, 0.1) is 0 Å². The van der Waals surface area contributed by atoms with Crippen LogP contribution in [0.2, 0.25) is 0 Å². The van der Waals surface area contributed by atoms with E-state index in [1.165, 1.54) is 0 Å². The van der Waals surface area contributed by atoms with E-state index in [-0.39, 0.29) is 18.5 Å². The van der Waals surface area contributed by atoms with Crippen LogP contribution in [0.3, 0.4) is 0 Å². The standard InChI is InChI=1S/C42H66O4/c1-3-5-7-9-11-13-15-17-18-20-21-23-25-28-32-36-40(37-33-29-27-30-34-38-41(43)44)46-42(45)39-35-31-26-24-22-19-16-14-12-10-8-6-4-2/h5-8,11-14,17-19,21-23,26,31,40H,3-4,9-10,15-16,20,24-25,27-30,32-39H2,1-2H3,(H,43,44)/b7-5-,8-6-,13-11-,14-12-,18-17-,22-19-,23-21-,31-26-. The number of carboxylic acids is 1. The Balaban J connectivity index is 4.34. The summed E-state index contributed by atoms with van der Waals surface area (Å²) >= 11 is 0. The monoisotopic (exact) mass is 634 g/mol. The Morgan fingerprint density at radius 1 is 0.478 bits per heavy atom. The summed E-state index contributed by atoms with van der Waals surface area (Å²) in [5.41, 5.74) is 0. The van der Waals surface area contributed by atoms with Crippen LogP contribution in [0.4, 0.5) is 0 Å². The van der Waals surface area contributed by atoms with Gasteiger partial charge in [-0.15, -0.1) is 0 Å². The Kier molecular flexibility index (Phi) is 33.8. The van der Waals surface area contributed by atoms with Gasteiger partial charge in [-0.2, -0.15) is 0 Å². The van der Waals surface area contributed by atoms with E-state index >= 15 is 0 Å². The Morgan fingerprint density at radius 3 is 1.35 bits per heavy atom. The molecule has 0 bridgehead atoms. The van der Waals surface area contributed by atoms with Crippen LogP contribution in [0.5, 0.6) is 0 Å². The molecular formula is C42H66O4. The van der Waals surface area contributed by atoms with E-state index in [4.69, 9.17) is 9.84 Å². The van der Waals surface area contributed by atoms with Gasteiger partial charge in [0.1, 0.15) is 6.10 Å². The van der Waals surface area contributed by atoms with Crippen LogP contribution in [0.25, 0.3) is 0 Å². The van der Waals surface area contributed by atoms with Crippen LogP contribution in [0, 0.1) is 0 Å². The second kappa shape index (κ2) is 36.3. The number of carboxylic acid groups (broad SMARTS) is 1. The SMILES string of the molecule is CC/C=C\C/C=C\C/C=C\C/C=C\CCCCC(CCCCCCCC(=O)O)OC(=O)CC/C=C\C/C=C\C/C=C\C/C=C\CC. The zero-order valence-corrected chi connectivity index (χ0v) is 29.3. The highest BCUT2D eigenvalue weighted by atomic mass is 16.5. The molecule has 258 valence electrons. The van der Waals surface area contributed by atoms with E-state index in [1.807, 2.05) is 0 Å². The maximum absolute atomic E-state index is 12.6. The molecule has 0 radical (unpaired) electrons. The molecule has 4 nitrogen and oxygen atoms in total. The Labute approximate surface area is 282 Å². The maximum Gasteiger partial charge on any atom is 0.306 e. The van der Waals surface area contributed by atoms with Crippen LogP contribution in [-0.2, 0) is 14.3 Å². The second-order valence-corrected chi connectivity index (χ2v) is 11.6. The second-order valence-electron chi connectivity index (χ2n) is 11.6. The Hall–Kier alpha value is -3.14. The largest absolute Gasteiger partial charge is 0.481 e. The van der Waals surface area contributed by atoms with Gasteiger partial charge in [0.2, 0.25) is 0 Å². The summed E-state index contributed by atoms with van der Waals surface area (Å²) in [6, 6.07) is 0. The van der Waals surface area contributed by atoms with Crippen LogP contribution in [0.1, 0.15) is 149 Å². The molecule has 0 aliphatic carbocycles. The highest BCUT2D eigenvalue weighted by molar-refractivity contribution is 5.69. The minimum atomic E-state index is -0.720. The molecule has 0 aliphatic heterocycles. The lowest BCUT2D eigenvalue weighted by atomic mass is 10.0. The van der Waals surface area contributed by atoms with Crippen molar-refractivity contribution in [3.8, 4) is 0 Å². The Morgan fingerprint density at radius 2 is 0.870 bits per heavy atom. The number of allylic oxidation sites excluding steroid dienone is 16. The zero-order valence-electron chi connectivity index (χ0n) is 29.3. The number of hydrogen-bond acceptors (Lipinski definition) is 3. The molecule has 0 spiro atoms. The average molecular weight is 635 g/mol. The topological polar surface area (TPSA) is 63.6 Å². The van der Waals surface area contributed by atoms with Crippen LogP contribution in [-0.4, -0.2) is 23.1 Å². The molecule has 0 aromatic rings. The number of unbranched alkanes of at least 4 members (excludes halogenated alkanes) is 6. The first kappa shape index (κ1) is 42.9. The van der Waals surface area contributed by atoms with E-state index in [0.717, 1.165) is 116 Å². The summed E-state index contributed by atoms with van der Waals surface area (Å²) in [7, 11) is 0. The number of aliphatic carboxylic acids is 1. The fourth-order valence-electron chi connectivity index (χ4n) is 4.72. The van der Waals surface area contributed by atoms with Crippen molar-refractivity contribution in [2.45, 2.75) is 155 Å². The van der Waals surface area contributed by atoms with Crippen LogP contribution < -0.4 is 0 Å². The van der Waals surface area contributed by atoms with Crippen molar-refractivity contribution >= 4 is 11.9 Å². The lowest BCUT2D eigenvalue weighted by molar-refractivity contribution is -0.149. The highest BCUT2D eigenvalue weighted by Gasteiger charge is 2.13. The molecule has 0 aromatic carbocycles. The molecule has 0 amide bonds. The first-order chi connectivity index (χ1) is 22.6. The van der Waals surface area contributed by atoms with Gasteiger partial charge in [0.25, 0.3) is 0 Å². The van der Waals surface area contributed by atoms with Gasteiger partial charge in [-0.3, -0.25) is 9.59 Å². The lowest BCUT2D eigenvalue weighted by Gasteiger charge is -2.18. The van der Waals surface area contributed by atoms with Gasteiger partial charge in [0, 0.05) is 12.8 Å². The van der Waals surface area contributed by atoms with Crippen LogP contribution in [0.15, 0.2) is 97.2 Å². The van der Waals surface area contributed by atoms with E-state index in [0.29, 0.717) is 12.8 Å². The van der Waals surface area contributed by atoms with Crippen molar-refractivity contribution in [3.05, 3.63) is 97.2 Å². The predicted octanol–water partition coefficient (Wildman–Crippen LogP) is 12.7. The van der Waals surface area contributed by atoms with E-state index in [2.05, 4.69) is 111 Å². The first-order valence-corrected chi connectivity index (χ1v) is 18.2. The smallest absolute Gasteiger partial charge is 0.306 e. The van der Waals surface area contributed by atoms with Gasteiger partial charge in [-0.05, 0) is 103 Å². The summed E-state index contributed by atoms with van der Waals surface area (Å²) in [6.07, 6.45) is 54.2. The molecular weight excluding hydrogens is 568 g/mol. The molecule has 0 aliphatic rings. The van der Waals surface area contributed by atoms with Crippen molar-refractivity contribution in [1.29, 1.82) is 0 Å². The third-order valence-electron chi connectivity index (χ3n) is 7.31. The van der Waals surface area contributed by atoms with Crippen molar-refractivity contribution in [2.75, 3.05) is 0 Å². The molecule has 0 fully saturated rings. The zero-order chi connectivity index (χ0) is 33.6. The molecule has 1 N–H and O–H groups in total. The third-order valence-corrected chi connectivity index (χ3v) is 7.31. The van der Waals surface area contributed by atoms with Gasteiger partial charge < -0.3 is 9.84 Å². The number of hydrogen-bond donors (Lipinski definition) is 1. The van der Waals surface area contributed by atoms with Crippen molar-refractivity contribution in [2.24, 2.45) is 0 Å². The summed E-state index contributed by atoms with van der Waals surface area (Å²) in [6.45, 7) is 4.30. The summed E-state index contributed by atoms with van der Waals surface area (Å²) < 4.78 is 5.92. The number of rotatable bonds is 31. The molecule has 1 unspecified atom stereocenters. The number of esters is 1. The highest BCUT2D eigenvalue weighted by Crippen LogP contribution is 2.17. The Bertz CT molecular complexity index is 945. The lowest BCUT2D eigenvalue weighted by Crippen LogP contribution is -2.18. The number of carbonyl (C=O) groups is 2. The summed E-state index contributed by atoms with van der Waals surface area (Å²) in [4.78, 5) is 23.3. The molecule has 0 rings (SSSR count). The number of carbonyl (C=O) groups excluding carboxylic acids is 1. The van der Waals surface area contributed by atoms with Gasteiger partial charge in [-0.25, -0.2) is 0 Å². The average Bonchev–Trinajstić information content (AvgIpc) is 3.04. The van der Waals surface area contributed by atoms with Crippen molar-refractivity contribution in [3.63, 3.8) is 0 Å². The minimum absolute atomic E-state index is 0.0265. The van der Waals surface area contributed by atoms with Gasteiger partial charge in [0.15, 0.2) is 0 Å². The van der Waals surface area contributed by atoms with Crippen LogP contribution >= 0.6 is 0 Å². The fourth-order valence-corrected chi connectivity index (χ4v) is 4.72. The van der Waals surface area contributed by atoms with Gasteiger partial charge in [-0.1, -0.05) is 130 Å². The van der Waals surface area contributed by atoms with Crippen molar-refractivity contribution in [1.82, 2.24) is 0 Å². The minimum Gasteiger partial charge on any atom is -0.481 e. The predicted molar refractivity (Wildman–Crippen MR) is 199 cm³/mol. The normalized spacial score (nSPS) is 13.4. The van der Waals surface area contributed by atoms with E-state index < -0.39 is 5.97 Å². The first-order valence-electron chi connectivity index (χ1n) is 18.2.